The van der Waals surface area contributed by atoms with E-state index in [1.807, 2.05) is 18.2 Å². The standard InChI is InChI=1S/C18H30O5/c1-2-3-11-14-17(22-20)15-12-9-7-5-4-6-8-10-13-16-18(19)23-21/h3,7,9,11,15,20-21H,2,4-6,8,10,12-14,16H2,1H3/b9-7-,11-3-,17-15-. The summed E-state index contributed by atoms with van der Waals surface area (Å²) < 4.78 is 0. The third kappa shape index (κ3) is 15.1. The van der Waals surface area contributed by atoms with Crippen LogP contribution in [0.3, 0.4) is 0 Å². The number of hydrogen-bond acceptors (Lipinski definition) is 5. The van der Waals surface area contributed by atoms with E-state index in [1.165, 1.54) is 0 Å². The van der Waals surface area contributed by atoms with E-state index in [2.05, 4.69) is 28.9 Å². The SMILES string of the molecule is CC/C=C\C/C(=C/C/C=C\CCCCCCCC(=O)OO)OO. The van der Waals surface area contributed by atoms with Crippen LogP contribution in [-0.4, -0.2) is 16.5 Å². The zero-order chi connectivity index (χ0) is 17.2. The maximum atomic E-state index is 10.7. The predicted molar refractivity (Wildman–Crippen MR) is 90.6 cm³/mol. The average molecular weight is 326 g/mol. The van der Waals surface area contributed by atoms with Crippen LogP contribution in [0.15, 0.2) is 36.1 Å². The Morgan fingerprint density at radius 1 is 0.913 bits per heavy atom. The molecule has 2 N–H and O–H groups in total. The number of unbranched alkanes of at least 4 members (excludes halogenated alkanes) is 5. The molecular weight excluding hydrogens is 296 g/mol. The topological polar surface area (TPSA) is 76.0 Å². The zero-order valence-electron chi connectivity index (χ0n) is 14.1. The van der Waals surface area contributed by atoms with Crippen LogP contribution >= 0.6 is 0 Å². The van der Waals surface area contributed by atoms with E-state index in [9.17, 15) is 4.79 Å². The Kier molecular flexibility index (Phi) is 15.6. The molecule has 132 valence electrons. The Bertz CT molecular complexity index is 372. The highest BCUT2D eigenvalue weighted by Crippen LogP contribution is 2.09. The van der Waals surface area contributed by atoms with Crippen molar-refractivity contribution >= 4 is 5.97 Å². The second-order valence-corrected chi connectivity index (χ2v) is 5.32. The van der Waals surface area contributed by atoms with Gasteiger partial charge in [0, 0.05) is 12.8 Å². The minimum absolute atomic E-state index is 0.283. The van der Waals surface area contributed by atoms with Gasteiger partial charge in [-0.1, -0.05) is 50.5 Å². The minimum Gasteiger partial charge on any atom is -0.345 e. The summed E-state index contributed by atoms with van der Waals surface area (Å²) in [5.74, 6) is 0.0122. The van der Waals surface area contributed by atoms with E-state index in [-0.39, 0.29) is 6.42 Å². The van der Waals surface area contributed by atoms with Crippen molar-refractivity contribution in [3.05, 3.63) is 36.1 Å². The molecular formula is C18H30O5. The van der Waals surface area contributed by atoms with Crippen LogP contribution in [0.25, 0.3) is 0 Å². The van der Waals surface area contributed by atoms with Crippen LogP contribution in [0.5, 0.6) is 0 Å². The summed E-state index contributed by atoms with van der Waals surface area (Å²) in [5, 5.41) is 16.8. The lowest BCUT2D eigenvalue weighted by molar-refractivity contribution is -0.234. The summed E-state index contributed by atoms with van der Waals surface area (Å²) in [6.45, 7) is 2.06. The van der Waals surface area contributed by atoms with Gasteiger partial charge in [0.05, 0.1) is 0 Å². The number of rotatable bonds is 14. The van der Waals surface area contributed by atoms with Gasteiger partial charge in [-0.25, -0.2) is 10.1 Å². The van der Waals surface area contributed by atoms with Crippen molar-refractivity contribution in [1.82, 2.24) is 0 Å². The van der Waals surface area contributed by atoms with Crippen LogP contribution in [0.1, 0.15) is 71.1 Å². The summed E-state index contributed by atoms with van der Waals surface area (Å²) in [6.07, 6.45) is 18.8. The van der Waals surface area contributed by atoms with Crippen molar-refractivity contribution in [3.63, 3.8) is 0 Å². The van der Waals surface area contributed by atoms with Gasteiger partial charge >= 0.3 is 5.97 Å². The fourth-order valence-corrected chi connectivity index (χ4v) is 2.05. The Balaban J connectivity index is 3.56. The molecule has 0 spiro atoms. The van der Waals surface area contributed by atoms with Gasteiger partial charge in [-0.05, 0) is 38.2 Å². The van der Waals surface area contributed by atoms with Crippen molar-refractivity contribution in [3.8, 4) is 0 Å². The third-order valence-electron chi connectivity index (χ3n) is 3.34. The van der Waals surface area contributed by atoms with Crippen molar-refractivity contribution in [2.45, 2.75) is 71.1 Å². The Morgan fingerprint density at radius 2 is 1.65 bits per heavy atom. The molecule has 0 rings (SSSR count). The summed E-state index contributed by atoms with van der Waals surface area (Å²) in [7, 11) is 0. The molecule has 0 aliphatic heterocycles. The minimum atomic E-state index is -0.558. The normalized spacial score (nSPS) is 12.2. The maximum Gasteiger partial charge on any atom is 0.342 e. The molecule has 0 aromatic carbocycles. The molecule has 0 aliphatic carbocycles. The second-order valence-electron chi connectivity index (χ2n) is 5.32. The first-order valence-electron chi connectivity index (χ1n) is 8.39. The highest BCUT2D eigenvalue weighted by molar-refractivity contribution is 5.68. The number of carbonyl (C=O) groups is 1. The molecule has 0 bridgehead atoms. The molecule has 23 heavy (non-hydrogen) atoms. The first-order chi connectivity index (χ1) is 11.2. The number of allylic oxidation sites excluding steroid dienone is 5. The lowest BCUT2D eigenvalue weighted by Gasteiger charge is -1.99. The van der Waals surface area contributed by atoms with E-state index in [4.69, 9.17) is 10.5 Å². The summed E-state index contributed by atoms with van der Waals surface area (Å²) in [4.78, 5) is 18.6. The fraction of sp³-hybridized carbons (Fsp3) is 0.611. The van der Waals surface area contributed by atoms with Crippen LogP contribution in [0.2, 0.25) is 0 Å². The molecule has 5 heteroatoms. The zero-order valence-corrected chi connectivity index (χ0v) is 14.1. The van der Waals surface area contributed by atoms with Crippen LogP contribution in [0.4, 0.5) is 0 Å². The summed E-state index contributed by atoms with van der Waals surface area (Å²) >= 11 is 0. The van der Waals surface area contributed by atoms with Crippen molar-refractivity contribution in [1.29, 1.82) is 0 Å². The number of hydrogen-bond donors (Lipinski definition) is 2. The molecule has 5 nitrogen and oxygen atoms in total. The average Bonchev–Trinajstić information content (AvgIpc) is 2.57. The molecule has 0 aliphatic rings. The quantitative estimate of drug-likeness (QED) is 0.147. The second kappa shape index (κ2) is 16.8. The van der Waals surface area contributed by atoms with Crippen molar-refractivity contribution < 1.29 is 25.1 Å². The largest absolute Gasteiger partial charge is 0.345 e. The lowest BCUT2D eigenvalue weighted by atomic mass is 10.1. The monoisotopic (exact) mass is 326 g/mol. The highest BCUT2D eigenvalue weighted by Gasteiger charge is 2.00. The molecule has 0 amide bonds. The molecule has 0 radical (unpaired) electrons. The van der Waals surface area contributed by atoms with E-state index >= 15 is 0 Å². The van der Waals surface area contributed by atoms with Gasteiger partial charge in [-0.2, -0.15) is 5.26 Å². The molecule has 0 fully saturated rings. The third-order valence-corrected chi connectivity index (χ3v) is 3.34. The molecule has 0 atom stereocenters. The van der Waals surface area contributed by atoms with Crippen LogP contribution < -0.4 is 0 Å². The molecule has 0 heterocycles. The number of carbonyl (C=O) groups excluding carboxylic acids is 1. The van der Waals surface area contributed by atoms with Crippen LogP contribution in [-0.2, 0) is 14.6 Å². The van der Waals surface area contributed by atoms with Crippen molar-refractivity contribution in [2.75, 3.05) is 0 Å². The smallest absolute Gasteiger partial charge is 0.342 e. The van der Waals surface area contributed by atoms with Crippen LogP contribution in [0, 0.1) is 0 Å². The van der Waals surface area contributed by atoms with E-state index in [0.29, 0.717) is 12.2 Å². The van der Waals surface area contributed by atoms with Gasteiger partial charge in [-0.15, -0.1) is 0 Å². The van der Waals surface area contributed by atoms with Crippen molar-refractivity contribution in [2.24, 2.45) is 0 Å². The molecule has 0 saturated heterocycles. The molecule has 0 aromatic rings. The van der Waals surface area contributed by atoms with Gasteiger partial charge in [0.2, 0.25) is 0 Å². The first-order valence-corrected chi connectivity index (χ1v) is 8.39. The Hall–Kier alpha value is -1.59. The predicted octanol–water partition coefficient (Wildman–Crippen LogP) is 5.41. The molecule has 0 aromatic heterocycles. The molecule has 0 unspecified atom stereocenters. The van der Waals surface area contributed by atoms with E-state index in [1.54, 1.807) is 0 Å². The Morgan fingerprint density at radius 3 is 2.35 bits per heavy atom. The first kappa shape index (κ1) is 21.4. The van der Waals surface area contributed by atoms with E-state index in [0.717, 1.165) is 51.4 Å². The summed E-state index contributed by atoms with van der Waals surface area (Å²) in [5.41, 5.74) is 0. The summed E-state index contributed by atoms with van der Waals surface area (Å²) in [6, 6.07) is 0. The fourth-order valence-electron chi connectivity index (χ4n) is 2.05. The van der Waals surface area contributed by atoms with Gasteiger partial charge < -0.3 is 9.78 Å². The van der Waals surface area contributed by atoms with Gasteiger partial charge in [-0.3, -0.25) is 0 Å². The maximum absolute atomic E-state index is 10.7. The van der Waals surface area contributed by atoms with Gasteiger partial charge in [0.25, 0.3) is 0 Å². The lowest BCUT2D eigenvalue weighted by Crippen LogP contribution is -1.99. The van der Waals surface area contributed by atoms with E-state index < -0.39 is 5.97 Å². The van der Waals surface area contributed by atoms with Gasteiger partial charge in [0.15, 0.2) is 0 Å². The Labute approximate surface area is 139 Å². The van der Waals surface area contributed by atoms with Gasteiger partial charge in [0.1, 0.15) is 5.76 Å². The highest BCUT2D eigenvalue weighted by atomic mass is 17.1. The molecule has 0 saturated carbocycles.